The van der Waals surface area contributed by atoms with Crippen LogP contribution in [0, 0.1) is 6.92 Å². The first-order valence-corrected chi connectivity index (χ1v) is 10.0. The van der Waals surface area contributed by atoms with Crippen molar-refractivity contribution in [2.24, 2.45) is 0 Å². The molecule has 3 nitrogen and oxygen atoms in total. The average molecular weight is 387 g/mol. The summed E-state index contributed by atoms with van der Waals surface area (Å²) in [6, 6.07) is 37.6. The molecule has 0 aliphatic rings. The third-order valence-corrected chi connectivity index (χ3v) is 5.24. The molecule has 0 saturated carbocycles. The van der Waals surface area contributed by atoms with Crippen molar-refractivity contribution in [3.8, 4) is 39.6 Å². The van der Waals surface area contributed by atoms with Gasteiger partial charge in [0.25, 0.3) is 0 Å². The van der Waals surface area contributed by atoms with Crippen LogP contribution in [0.1, 0.15) is 5.56 Å². The van der Waals surface area contributed by atoms with Crippen molar-refractivity contribution in [2.75, 3.05) is 0 Å². The molecule has 1 aromatic heterocycles. The van der Waals surface area contributed by atoms with E-state index in [4.69, 9.17) is 0 Å². The lowest BCUT2D eigenvalue weighted by molar-refractivity contribution is 1.07. The highest BCUT2D eigenvalue weighted by Gasteiger charge is 2.17. The standard InChI is InChI=1S/C27H21N3/c1-20-12-18-25(19-13-20)30-26(23-10-6-3-7-11-23)28-29-27(30)24-16-14-22(15-17-24)21-8-4-2-5-9-21/h2-19H,1H3. The molecule has 3 heteroatoms. The highest BCUT2D eigenvalue weighted by Crippen LogP contribution is 2.30. The van der Waals surface area contributed by atoms with E-state index in [1.165, 1.54) is 16.7 Å². The Kier molecular flexibility index (Phi) is 4.70. The first-order chi connectivity index (χ1) is 14.8. The summed E-state index contributed by atoms with van der Waals surface area (Å²) in [5.41, 5.74) is 6.73. The van der Waals surface area contributed by atoms with Gasteiger partial charge in [-0.1, -0.05) is 103 Å². The number of aromatic nitrogens is 3. The van der Waals surface area contributed by atoms with Gasteiger partial charge in [-0.2, -0.15) is 0 Å². The first-order valence-electron chi connectivity index (χ1n) is 10.0. The van der Waals surface area contributed by atoms with E-state index in [2.05, 4.69) is 107 Å². The van der Waals surface area contributed by atoms with Crippen LogP contribution in [-0.2, 0) is 0 Å². The van der Waals surface area contributed by atoms with Gasteiger partial charge in [-0.05, 0) is 30.2 Å². The number of hydrogen-bond acceptors (Lipinski definition) is 2. The second-order valence-corrected chi connectivity index (χ2v) is 7.33. The van der Waals surface area contributed by atoms with Gasteiger partial charge in [0.15, 0.2) is 11.6 Å². The van der Waals surface area contributed by atoms with Gasteiger partial charge in [0.2, 0.25) is 0 Å². The Labute approximate surface area is 176 Å². The maximum atomic E-state index is 4.58. The fourth-order valence-electron chi connectivity index (χ4n) is 3.63. The van der Waals surface area contributed by atoms with Crippen LogP contribution < -0.4 is 0 Å². The molecule has 0 spiro atoms. The summed E-state index contributed by atoms with van der Waals surface area (Å²) in [5.74, 6) is 1.67. The molecule has 0 bridgehead atoms. The predicted octanol–water partition coefficient (Wildman–Crippen LogP) is 6.58. The van der Waals surface area contributed by atoms with Gasteiger partial charge in [-0.3, -0.25) is 4.57 Å². The molecule has 0 saturated heterocycles. The van der Waals surface area contributed by atoms with E-state index in [0.29, 0.717) is 0 Å². The van der Waals surface area contributed by atoms with Crippen molar-refractivity contribution in [2.45, 2.75) is 6.92 Å². The largest absolute Gasteiger partial charge is 0.275 e. The van der Waals surface area contributed by atoms with Gasteiger partial charge < -0.3 is 0 Å². The lowest BCUT2D eigenvalue weighted by atomic mass is 10.0. The number of benzene rings is 4. The lowest BCUT2D eigenvalue weighted by Gasteiger charge is -2.12. The highest BCUT2D eigenvalue weighted by molar-refractivity contribution is 5.70. The van der Waals surface area contributed by atoms with E-state index in [0.717, 1.165) is 28.5 Å². The van der Waals surface area contributed by atoms with Crippen LogP contribution in [0.15, 0.2) is 109 Å². The average Bonchev–Trinajstić information content (AvgIpc) is 3.26. The molecular formula is C27H21N3. The summed E-state index contributed by atoms with van der Waals surface area (Å²) in [6.07, 6.45) is 0. The molecule has 0 radical (unpaired) electrons. The monoisotopic (exact) mass is 387 g/mol. The van der Waals surface area contributed by atoms with Crippen LogP contribution in [0.3, 0.4) is 0 Å². The summed E-state index contributed by atoms with van der Waals surface area (Å²) in [4.78, 5) is 0. The molecule has 144 valence electrons. The Hall–Kier alpha value is -3.98. The summed E-state index contributed by atoms with van der Waals surface area (Å²) in [5, 5.41) is 9.13. The zero-order valence-corrected chi connectivity index (χ0v) is 16.7. The zero-order chi connectivity index (χ0) is 20.3. The molecule has 0 atom stereocenters. The molecule has 0 aliphatic heterocycles. The van der Waals surface area contributed by atoms with Crippen LogP contribution in [0.25, 0.3) is 39.6 Å². The SMILES string of the molecule is Cc1ccc(-n2c(-c3ccccc3)nnc2-c2ccc(-c3ccccc3)cc2)cc1. The Morgan fingerprint density at radius 3 is 1.47 bits per heavy atom. The van der Waals surface area contributed by atoms with Crippen molar-refractivity contribution in [1.29, 1.82) is 0 Å². The maximum Gasteiger partial charge on any atom is 0.168 e. The fraction of sp³-hybridized carbons (Fsp3) is 0.0370. The normalized spacial score (nSPS) is 10.8. The Balaban J connectivity index is 1.63. The Morgan fingerprint density at radius 1 is 0.467 bits per heavy atom. The van der Waals surface area contributed by atoms with Crippen molar-refractivity contribution in [3.05, 3.63) is 115 Å². The molecule has 30 heavy (non-hydrogen) atoms. The van der Waals surface area contributed by atoms with Crippen LogP contribution >= 0.6 is 0 Å². The van der Waals surface area contributed by atoms with E-state index in [1.807, 2.05) is 24.3 Å². The highest BCUT2D eigenvalue weighted by atomic mass is 15.3. The predicted molar refractivity (Wildman–Crippen MR) is 122 cm³/mol. The third-order valence-electron chi connectivity index (χ3n) is 5.24. The van der Waals surface area contributed by atoms with Crippen LogP contribution in [0.4, 0.5) is 0 Å². The molecule has 0 fully saturated rings. The van der Waals surface area contributed by atoms with E-state index in [-0.39, 0.29) is 0 Å². The molecule has 1 heterocycles. The van der Waals surface area contributed by atoms with Gasteiger partial charge in [0, 0.05) is 16.8 Å². The van der Waals surface area contributed by atoms with Crippen LogP contribution in [-0.4, -0.2) is 14.8 Å². The molecule has 0 unspecified atom stereocenters. The van der Waals surface area contributed by atoms with Gasteiger partial charge in [-0.15, -0.1) is 10.2 Å². The molecular weight excluding hydrogens is 366 g/mol. The summed E-state index contributed by atoms with van der Waals surface area (Å²) >= 11 is 0. The molecule has 0 amide bonds. The molecule has 4 aromatic carbocycles. The maximum absolute atomic E-state index is 4.58. The second kappa shape index (κ2) is 7.80. The number of hydrogen-bond donors (Lipinski definition) is 0. The van der Waals surface area contributed by atoms with Gasteiger partial charge >= 0.3 is 0 Å². The number of rotatable bonds is 4. The first kappa shape index (κ1) is 18.1. The molecule has 0 N–H and O–H groups in total. The van der Waals surface area contributed by atoms with Gasteiger partial charge in [0.05, 0.1) is 0 Å². The van der Waals surface area contributed by atoms with Crippen LogP contribution in [0.2, 0.25) is 0 Å². The molecule has 5 rings (SSSR count). The summed E-state index contributed by atoms with van der Waals surface area (Å²) < 4.78 is 2.13. The molecule has 5 aromatic rings. The van der Waals surface area contributed by atoms with Crippen molar-refractivity contribution >= 4 is 0 Å². The van der Waals surface area contributed by atoms with E-state index in [1.54, 1.807) is 0 Å². The minimum Gasteiger partial charge on any atom is -0.275 e. The van der Waals surface area contributed by atoms with Gasteiger partial charge in [0.1, 0.15) is 0 Å². The van der Waals surface area contributed by atoms with E-state index < -0.39 is 0 Å². The Morgan fingerprint density at radius 2 is 0.900 bits per heavy atom. The van der Waals surface area contributed by atoms with Crippen molar-refractivity contribution in [1.82, 2.24) is 14.8 Å². The van der Waals surface area contributed by atoms with Crippen LogP contribution in [0.5, 0.6) is 0 Å². The minimum absolute atomic E-state index is 0.831. The van der Waals surface area contributed by atoms with E-state index in [9.17, 15) is 0 Å². The topological polar surface area (TPSA) is 30.7 Å². The van der Waals surface area contributed by atoms with Gasteiger partial charge in [-0.25, -0.2) is 0 Å². The Bertz CT molecular complexity index is 1250. The smallest absolute Gasteiger partial charge is 0.168 e. The number of nitrogens with zero attached hydrogens (tertiary/aromatic N) is 3. The van der Waals surface area contributed by atoms with Crippen molar-refractivity contribution in [3.63, 3.8) is 0 Å². The number of aryl methyl sites for hydroxylation is 1. The second-order valence-electron chi connectivity index (χ2n) is 7.33. The minimum atomic E-state index is 0.831. The lowest BCUT2D eigenvalue weighted by Crippen LogP contribution is -2.00. The quantitative estimate of drug-likeness (QED) is 0.349. The van der Waals surface area contributed by atoms with Crippen molar-refractivity contribution < 1.29 is 0 Å². The third kappa shape index (κ3) is 3.42. The molecule has 0 aliphatic carbocycles. The summed E-state index contributed by atoms with van der Waals surface area (Å²) in [6.45, 7) is 2.09. The van der Waals surface area contributed by atoms with E-state index >= 15 is 0 Å². The zero-order valence-electron chi connectivity index (χ0n) is 16.7. The fourth-order valence-corrected chi connectivity index (χ4v) is 3.63. The summed E-state index contributed by atoms with van der Waals surface area (Å²) in [7, 11) is 0.